The topological polar surface area (TPSA) is 9.72 Å². The molecule has 5 atom stereocenters. The van der Waals surface area contributed by atoms with Crippen molar-refractivity contribution in [1.29, 1.82) is 0 Å². The number of hydrogen-bond donors (Lipinski definition) is 0. The smallest absolute Gasteiger partial charge is 0.179 e. The first-order valence-corrected chi connectivity index (χ1v) is 26.9. The van der Waals surface area contributed by atoms with E-state index in [-0.39, 0.29) is 5.41 Å². The predicted octanol–water partition coefficient (Wildman–Crippen LogP) is 14.7. The Labute approximate surface area is 408 Å². The number of hydrogen-bond acceptors (Lipinski definition) is 3. The number of rotatable bonds is 11. The second-order valence-electron chi connectivity index (χ2n) is 19.6. The summed E-state index contributed by atoms with van der Waals surface area (Å²) in [6.07, 6.45) is 36.0. The van der Waals surface area contributed by atoms with Gasteiger partial charge in [-0.05, 0) is 156 Å². The van der Waals surface area contributed by atoms with E-state index < -0.39 is 8.07 Å². The number of para-hydroxylation sites is 4. The fourth-order valence-electron chi connectivity index (χ4n) is 12.5. The van der Waals surface area contributed by atoms with E-state index in [2.05, 4.69) is 270 Å². The zero-order valence-corrected chi connectivity index (χ0v) is 40.1. The number of anilines is 5. The lowest BCUT2D eigenvalue weighted by Crippen LogP contribution is -2.61. The number of nitrogens with zero attached hydrogens (tertiary/aromatic N) is 3. The molecule has 0 amide bonds. The van der Waals surface area contributed by atoms with Crippen LogP contribution in [0.3, 0.4) is 0 Å². The Hall–Kier alpha value is -7.66. The maximum Gasteiger partial charge on any atom is 0.179 e. The Morgan fingerprint density at radius 1 is 0.580 bits per heavy atom. The van der Waals surface area contributed by atoms with Crippen LogP contribution in [-0.4, -0.2) is 13.0 Å². The van der Waals surface area contributed by atoms with Crippen molar-refractivity contribution in [3.63, 3.8) is 0 Å². The molecule has 1 heterocycles. The molecule has 0 radical (unpaired) electrons. The van der Waals surface area contributed by atoms with Gasteiger partial charge >= 0.3 is 0 Å². The molecule has 0 saturated heterocycles. The van der Waals surface area contributed by atoms with Gasteiger partial charge < -0.3 is 14.7 Å². The highest BCUT2D eigenvalue weighted by Crippen LogP contribution is 2.71. The summed E-state index contributed by atoms with van der Waals surface area (Å²) in [5.41, 5.74) is 14.2. The van der Waals surface area contributed by atoms with Gasteiger partial charge in [-0.1, -0.05) is 169 Å². The Kier molecular flexibility index (Phi) is 10.1. The van der Waals surface area contributed by atoms with Gasteiger partial charge in [0.15, 0.2) is 8.07 Å². The second kappa shape index (κ2) is 16.8. The van der Waals surface area contributed by atoms with E-state index in [0.717, 1.165) is 36.3 Å². The van der Waals surface area contributed by atoms with E-state index >= 15 is 0 Å². The highest BCUT2D eigenvalue weighted by molar-refractivity contribution is 7.13. The molecule has 0 aromatic heterocycles. The molecule has 6 aromatic rings. The largest absolute Gasteiger partial charge is 0.314 e. The predicted molar refractivity (Wildman–Crippen MR) is 290 cm³/mol. The minimum absolute atomic E-state index is 0.0762. The summed E-state index contributed by atoms with van der Waals surface area (Å²) in [6, 6.07) is 62.8. The van der Waals surface area contributed by atoms with Crippen molar-refractivity contribution in [3.8, 4) is 0 Å². The van der Waals surface area contributed by atoms with E-state index in [1.54, 1.807) is 0 Å². The van der Waals surface area contributed by atoms with E-state index in [1.165, 1.54) is 72.5 Å². The third-order valence-corrected chi connectivity index (χ3v) is 20.5. The van der Waals surface area contributed by atoms with Gasteiger partial charge in [-0.2, -0.15) is 0 Å². The third kappa shape index (κ3) is 6.83. The van der Waals surface area contributed by atoms with Gasteiger partial charge in [-0.15, -0.1) is 0 Å². The number of fused-ring (bicyclic) bond motifs is 2. The zero-order valence-electron chi connectivity index (χ0n) is 39.1. The van der Waals surface area contributed by atoms with Crippen LogP contribution in [-0.2, 0) is 5.41 Å². The van der Waals surface area contributed by atoms with Crippen LogP contribution in [0.1, 0.15) is 38.2 Å². The van der Waals surface area contributed by atoms with E-state index in [4.69, 9.17) is 0 Å². The van der Waals surface area contributed by atoms with Gasteiger partial charge in [0, 0.05) is 56.9 Å². The van der Waals surface area contributed by atoms with Crippen molar-refractivity contribution in [2.45, 2.75) is 38.0 Å². The van der Waals surface area contributed by atoms with Gasteiger partial charge in [-0.3, -0.25) is 0 Å². The SMILES string of the molecule is CC1=CC(N(C2=CC([Si](C3=CC=CCC=C3)(c3ccccc3)c3cccc(N(c4ccccc4)c4ccccc4)c3)=CCC=C2)C2=CC=C3N(c4ccccc4)c4ccccc4C34CC24)=CC2CC12. The lowest BCUT2D eigenvalue weighted by Gasteiger charge is -2.38. The van der Waals surface area contributed by atoms with Crippen LogP contribution in [0.2, 0.25) is 0 Å². The summed E-state index contributed by atoms with van der Waals surface area (Å²) in [5, 5.41) is 5.50. The molecule has 7 aliphatic rings. The first-order chi connectivity index (χ1) is 34.1. The first kappa shape index (κ1) is 41.5. The number of benzene rings is 6. The fourth-order valence-corrected chi connectivity index (χ4v) is 17.4. The van der Waals surface area contributed by atoms with Crippen molar-refractivity contribution in [1.82, 2.24) is 4.90 Å². The Balaban J connectivity index is 1.02. The van der Waals surface area contributed by atoms with E-state index in [0.29, 0.717) is 17.8 Å². The van der Waals surface area contributed by atoms with Crippen molar-refractivity contribution in [2.24, 2.45) is 17.8 Å². The monoisotopic (exact) mass is 905 g/mol. The molecule has 6 aromatic carbocycles. The van der Waals surface area contributed by atoms with Gasteiger partial charge in [-0.25, -0.2) is 0 Å². The first-order valence-electron chi connectivity index (χ1n) is 24.9. The summed E-state index contributed by atoms with van der Waals surface area (Å²) >= 11 is 0. The molecule has 2 fully saturated rings. The molecule has 69 heavy (non-hydrogen) atoms. The van der Waals surface area contributed by atoms with Crippen LogP contribution >= 0.6 is 0 Å². The quantitative estimate of drug-likeness (QED) is 0.120. The van der Waals surface area contributed by atoms with Crippen molar-refractivity contribution < 1.29 is 0 Å². The second-order valence-corrected chi connectivity index (χ2v) is 23.4. The van der Waals surface area contributed by atoms with Crippen molar-refractivity contribution >= 4 is 46.9 Å². The van der Waals surface area contributed by atoms with Crippen molar-refractivity contribution in [3.05, 3.63) is 293 Å². The summed E-state index contributed by atoms with van der Waals surface area (Å²) in [7, 11) is -3.08. The molecule has 6 aliphatic carbocycles. The summed E-state index contributed by atoms with van der Waals surface area (Å²) in [4.78, 5) is 7.64. The standard InChI is InChI=1S/C65H55N3Si/c1-47-41-54(42-48-43-59(47)48)67(63-39-40-64-65(46-61(63)65)60-37-20-21-38-62(60)68(64)51-27-12-6-13-28-51)53-29-18-19-35-57(45-53)69(56-33-16-7-17-34-56,55-31-14-2-3-15-32-55)58-36-22-30-52(44-58)66(49-23-8-4-9-24-49)50-25-10-5-11-26-50/h2,4-18,20-42,44-45,48,59,61H,3,19,43,46H2,1H3. The molecular formula is C65H55N3Si. The molecule has 334 valence electrons. The normalized spacial score (nSPS) is 23.3. The van der Waals surface area contributed by atoms with Crippen LogP contribution in [0.15, 0.2) is 288 Å². The van der Waals surface area contributed by atoms with Crippen LogP contribution in [0.25, 0.3) is 0 Å². The van der Waals surface area contributed by atoms with Crippen LogP contribution in [0.4, 0.5) is 28.4 Å². The average Bonchev–Trinajstić information content (AvgIpc) is 4.33. The average molecular weight is 906 g/mol. The van der Waals surface area contributed by atoms with Crippen LogP contribution in [0.5, 0.6) is 0 Å². The number of allylic oxidation sites excluding steroid dienone is 18. The summed E-state index contributed by atoms with van der Waals surface area (Å²) in [5.74, 6) is 1.59. The van der Waals surface area contributed by atoms with Gasteiger partial charge in [0.2, 0.25) is 0 Å². The summed E-state index contributed by atoms with van der Waals surface area (Å²) < 4.78 is 0. The molecule has 4 heteroatoms. The lowest BCUT2D eigenvalue weighted by molar-refractivity contribution is 0.495. The highest BCUT2D eigenvalue weighted by atomic mass is 28.3. The molecule has 5 unspecified atom stereocenters. The Morgan fingerprint density at radius 2 is 1.26 bits per heavy atom. The Bertz CT molecular complexity index is 3270. The third-order valence-electron chi connectivity index (χ3n) is 15.7. The van der Waals surface area contributed by atoms with Gasteiger partial charge in [0.05, 0.1) is 5.69 Å². The Morgan fingerprint density at radius 3 is 2.03 bits per heavy atom. The fraction of sp³-hybridized carbons (Fsp3) is 0.138. The minimum Gasteiger partial charge on any atom is -0.314 e. The van der Waals surface area contributed by atoms with E-state index in [9.17, 15) is 0 Å². The molecule has 1 aliphatic heterocycles. The minimum atomic E-state index is -3.08. The lowest BCUT2D eigenvalue weighted by atomic mass is 9.88. The zero-order chi connectivity index (χ0) is 45.9. The highest BCUT2D eigenvalue weighted by Gasteiger charge is 2.67. The molecule has 3 nitrogen and oxygen atoms in total. The van der Waals surface area contributed by atoms with Gasteiger partial charge in [0.25, 0.3) is 0 Å². The molecule has 0 bridgehead atoms. The van der Waals surface area contributed by atoms with Gasteiger partial charge in [0.1, 0.15) is 0 Å². The molecule has 13 rings (SSSR count). The molecular weight excluding hydrogens is 851 g/mol. The molecule has 1 spiro atoms. The molecule has 2 saturated carbocycles. The maximum absolute atomic E-state index is 3.08. The van der Waals surface area contributed by atoms with Crippen LogP contribution in [0, 0.1) is 17.8 Å². The maximum atomic E-state index is 2.69. The van der Waals surface area contributed by atoms with Crippen molar-refractivity contribution in [2.75, 3.05) is 9.80 Å². The van der Waals surface area contributed by atoms with Crippen LogP contribution < -0.4 is 20.2 Å². The molecule has 0 N–H and O–H groups in total. The summed E-state index contributed by atoms with van der Waals surface area (Å²) in [6.45, 7) is 2.36. The van der Waals surface area contributed by atoms with E-state index in [1.807, 2.05) is 0 Å².